The minimum Gasteiger partial charge on any atom is -0.444 e. The molecule has 0 aliphatic carbocycles. The summed E-state index contributed by atoms with van der Waals surface area (Å²) in [6.45, 7) is 6.49. The van der Waals surface area contributed by atoms with E-state index in [0.29, 0.717) is 17.5 Å². The topological polar surface area (TPSA) is 92.9 Å². The molecule has 1 unspecified atom stereocenters. The lowest BCUT2D eigenvalue weighted by Crippen LogP contribution is -2.27. The number of hydrogen-bond donors (Lipinski definition) is 2. The number of aromatic nitrogens is 3. The van der Waals surface area contributed by atoms with Crippen LogP contribution in [0.15, 0.2) is 22.7 Å². The summed E-state index contributed by atoms with van der Waals surface area (Å²) in [5.41, 5.74) is 0.257. The molecule has 0 radical (unpaired) electrons. The van der Waals surface area contributed by atoms with Crippen LogP contribution in [0, 0.1) is 6.92 Å². The van der Waals surface area contributed by atoms with E-state index >= 15 is 0 Å². The Morgan fingerprint density at radius 2 is 2.19 bits per heavy atom. The van der Waals surface area contributed by atoms with Gasteiger partial charge in [0.05, 0.1) is 6.20 Å². The zero-order chi connectivity index (χ0) is 15.2. The molecule has 112 valence electrons. The Balaban J connectivity index is 1.96. The van der Waals surface area contributed by atoms with Crippen LogP contribution in [0.1, 0.15) is 48.4 Å². The molecule has 2 aromatic rings. The summed E-state index contributed by atoms with van der Waals surface area (Å²) in [4.78, 5) is 16.1. The summed E-state index contributed by atoms with van der Waals surface area (Å²) in [6, 6.07) is 3.04. The van der Waals surface area contributed by atoms with Crippen LogP contribution in [-0.4, -0.2) is 27.6 Å². The summed E-state index contributed by atoms with van der Waals surface area (Å²) >= 11 is 0. The van der Waals surface area contributed by atoms with Gasteiger partial charge in [0.25, 0.3) is 5.91 Å². The Morgan fingerprint density at radius 3 is 2.76 bits per heavy atom. The van der Waals surface area contributed by atoms with Crippen molar-refractivity contribution in [3.8, 4) is 0 Å². The van der Waals surface area contributed by atoms with Gasteiger partial charge in [-0.25, -0.2) is 4.98 Å². The smallest absolute Gasteiger partial charge is 0.272 e. The van der Waals surface area contributed by atoms with Gasteiger partial charge >= 0.3 is 0 Å². The fourth-order valence-electron chi connectivity index (χ4n) is 1.71. The second kappa shape index (κ2) is 6.83. The Hall–Kier alpha value is -2.44. The second-order valence-electron chi connectivity index (χ2n) is 4.73. The highest BCUT2D eigenvalue weighted by Gasteiger charge is 2.16. The minimum absolute atomic E-state index is 0.257. The number of aryl methyl sites for hydroxylation is 1. The van der Waals surface area contributed by atoms with Crippen LogP contribution in [0.2, 0.25) is 0 Å². The number of rotatable bonds is 6. The van der Waals surface area contributed by atoms with Gasteiger partial charge in [-0.2, -0.15) is 0 Å². The first-order valence-electron chi connectivity index (χ1n) is 6.91. The quantitative estimate of drug-likeness (QED) is 0.845. The summed E-state index contributed by atoms with van der Waals surface area (Å²) in [7, 11) is 0. The molecule has 0 fully saturated rings. The van der Waals surface area contributed by atoms with Gasteiger partial charge in [0.2, 0.25) is 5.89 Å². The molecular weight excluding hydrogens is 270 g/mol. The molecule has 0 saturated heterocycles. The lowest BCUT2D eigenvalue weighted by Gasteiger charge is -2.10. The van der Waals surface area contributed by atoms with Gasteiger partial charge in [-0.15, -0.1) is 10.2 Å². The number of carbonyl (C=O) groups is 1. The van der Waals surface area contributed by atoms with E-state index in [1.54, 1.807) is 32.2 Å². The van der Waals surface area contributed by atoms with Gasteiger partial charge in [0.1, 0.15) is 17.6 Å². The average Bonchev–Trinajstić information content (AvgIpc) is 2.92. The van der Waals surface area contributed by atoms with Crippen molar-refractivity contribution in [2.45, 2.75) is 33.2 Å². The second-order valence-corrected chi connectivity index (χ2v) is 4.73. The number of nitrogens with one attached hydrogen (secondary N) is 2. The monoisotopic (exact) mass is 289 g/mol. The number of amides is 1. The third-order valence-corrected chi connectivity index (χ3v) is 2.81. The maximum absolute atomic E-state index is 12.1. The van der Waals surface area contributed by atoms with Gasteiger partial charge in [0.15, 0.2) is 5.69 Å². The number of nitrogens with zero attached hydrogens (tertiary/aromatic N) is 3. The van der Waals surface area contributed by atoms with Gasteiger partial charge in [0, 0.05) is 6.54 Å². The summed E-state index contributed by atoms with van der Waals surface area (Å²) in [5.74, 6) is 1.52. The van der Waals surface area contributed by atoms with E-state index in [0.717, 1.165) is 13.0 Å². The third-order valence-electron chi connectivity index (χ3n) is 2.81. The van der Waals surface area contributed by atoms with Crippen molar-refractivity contribution in [1.82, 2.24) is 20.5 Å². The Kier molecular flexibility index (Phi) is 4.86. The molecule has 2 rings (SSSR count). The maximum atomic E-state index is 12.1. The zero-order valence-electron chi connectivity index (χ0n) is 12.4. The van der Waals surface area contributed by atoms with Gasteiger partial charge in [-0.05, 0) is 32.4 Å². The van der Waals surface area contributed by atoms with E-state index in [-0.39, 0.29) is 17.6 Å². The molecular formula is C14H19N5O2. The molecule has 7 heteroatoms. The van der Waals surface area contributed by atoms with Crippen LogP contribution < -0.4 is 10.6 Å². The normalized spacial score (nSPS) is 12.0. The number of carbonyl (C=O) groups excluding carboxylic acids is 1. The van der Waals surface area contributed by atoms with Crippen LogP contribution in [-0.2, 0) is 0 Å². The molecule has 0 aromatic carbocycles. The standard InChI is InChI=1S/C14H19N5O2/c1-4-7-15-12-6-5-11(18-19-12)13(20)17-10(3)14-16-8-9(2)21-14/h5-6,8,10H,4,7H2,1-3H3,(H,15,19)(H,17,20). The SMILES string of the molecule is CCCNc1ccc(C(=O)NC(C)c2ncc(C)o2)nn1. The molecule has 1 atom stereocenters. The predicted octanol–water partition coefficient (Wildman–Crippen LogP) is 2.09. The fourth-order valence-corrected chi connectivity index (χ4v) is 1.71. The Morgan fingerprint density at radius 1 is 1.38 bits per heavy atom. The van der Waals surface area contributed by atoms with Crippen molar-refractivity contribution < 1.29 is 9.21 Å². The van der Waals surface area contributed by atoms with Crippen molar-refractivity contribution in [3.63, 3.8) is 0 Å². The molecule has 1 amide bonds. The van der Waals surface area contributed by atoms with Crippen LogP contribution in [0.5, 0.6) is 0 Å². The highest BCUT2D eigenvalue weighted by atomic mass is 16.4. The van der Waals surface area contributed by atoms with Crippen LogP contribution >= 0.6 is 0 Å². The molecule has 0 spiro atoms. The lowest BCUT2D eigenvalue weighted by atomic mass is 10.3. The molecule has 0 aliphatic heterocycles. The first-order valence-corrected chi connectivity index (χ1v) is 6.91. The van der Waals surface area contributed by atoms with Crippen molar-refractivity contribution in [3.05, 3.63) is 35.7 Å². The molecule has 7 nitrogen and oxygen atoms in total. The first kappa shape index (κ1) is 15.0. The summed E-state index contributed by atoms with van der Waals surface area (Å²) in [5, 5.41) is 13.7. The fraction of sp³-hybridized carbons (Fsp3) is 0.429. The van der Waals surface area contributed by atoms with Crippen LogP contribution in [0.4, 0.5) is 5.82 Å². The molecule has 2 N–H and O–H groups in total. The first-order chi connectivity index (χ1) is 10.1. The number of anilines is 1. The van der Waals surface area contributed by atoms with Crippen molar-refractivity contribution >= 4 is 11.7 Å². The van der Waals surface area contributed by atoms with E-state index in [1.807, 2.05) is 0 Å². The summed E-state index contributed by atoms with van der Waals surface area (Å²) < 4.78 is 5.37. The highest BCUT2D eigenvalue weighted by molar-refractivity contribution is 5.92. The molecule has 0 saturated carbocycles. The number of hydrogen-bond acceptors (Lipinski definition) is 6. The summed E-state index contributed by atoms with van der Waals surface area (Å²) in [6.07, 6.45) is 2.61. The average molecular weight is 289 g/mol. The van der Waals surface area contributed by atoms with E-state index in [2.05, 4.69) is 32.7 Å². The molecule has 0 bridgehead atoms. The van der Waals surface area contributed by atoms with Crippen LogP contribution in [0.3, 0.4) is 0 Å². The van der Waals surface area contributed by atoms with Crippen molar-refractivity contribution in [2.75, 3.05) is 11.9 Å². The van der Waals surface area contributed by atoms with E-state index in [4.69, 9.17) is 4.42 Å². The Labute approximate surface area is 123 Å². The van der Waals surface area contributed by atoms with E-state index in [1.165, 1.54) is 0 Å². The van der Waals surface area contributed by atoms with E-state index < -0.39 is 0 Å². The molecule has 2 aromatic heterocycles. The highest BCUT2D eigenvalue weighted by Crippen LogP contribution is 2.12. The van der Waals surface area contributed by atoms with Gasteiger partial charge in [-0.1, -0.05) is 6.92 Å². The molecule has 0 aliphatic rings. The zero-order valence-corrected chi connectivity index (χ0v) is 12.4. The van der Waals surface area contributed by atoms with Crippen molar-refractivity contribution in [2.24, 2.45) is 0 Å². The van der Waals surface area contributed by atoms with Gasteiger partial charge in [-0.3, -0.25) is 4.79 Å². The van der Waals surface area contributed by atoms with Gasteiger partial charge < -0.3 is 15.1 Å². The third kappa shape index (κ3) is 4.01. The maximum Gasteiger partial charge on any atom is 0.272 e. The lowest BCUT2D eigenvalue weighted by molar-refractivity contribution is 0.0928. The van der Waals surface area contributed by atoms with Crippen molar-refractivity contribution in [1.29, 1.82) is 0 Å². The molecule has 21 heavy (non-hydrogen) atoms. The minimum atomic E-state index is -0.328. The van der Waals surface area contributed by atoms with Crippen LogP contribution in [0.25, 0.3) is 0 Å². The largest absolute Gasteiger partial charge is 0.444 e. The Bertz CT molecular complexity index is 594. The molecule has 2 heterocycles. The predicted molar refractivity (Wildman–Crippen MR) is 77.9 cm³/mol. The van der Waals surface area contributed by atoms with E-state index in [9.17, 15) is 4.79 Å². The number of oxazole rings is 1.